The van der Waals surface area contributed by atoms with Crippen molar-refractivity contribution in [1.82, 2.24) is 19.4 Å². The van der Waals surface area contributed by atoms with Crippen molar-refractivity contribution in [2.45, 2.75) is 64.0 Å². The number of aliphatic hydroxyl groups excluding tert-OH is 1. The van der Waals surface area contributed by atoms with Crippen LogP contribution in [0.1, 0.15) is 44.2 Å². The van der Waals surface area contributed by atoms with Gasteiger partial charge in [-0.05, 0) is 57.8 Å². The number of alkyl halides is 2. The number of aromatic nitrogens is 3. The molecule has 1 saturated carbocycles. The van der Waals surface area contributed by atoms with Gasteiger partial charge in [-0.2, -0.15) is 13.8 Å². The first-order valence-electron chi connectivity index (χ1n) is 12.1. The summed E-state index contributed by atoms with van der Waals surface area (Å²) in [6.45, 7) is -0.252. The fourth-order valence-corrected chi connectivity index (χ4v) is 4.71. The zero-order chi connectivity index (χ0) is 25.1. The number of hydrogen-bond acceptors (Lipinski definition) is 6. The third-order valence-electron chi connectivity index (χ3n) is 6.82. The Morgan fingerprint density at radius 2 is 1.80 bits per heavy atom. The zero-order valence-corrected chi connectivity index (χ0v) is 20.9. The van der Waals surface area contributed by atoms with Crippen LogP contribution in [0.2, 0.25) is 0 Å². The first-order chi connectivity index (χ1) is 16.7. The van der Waals surface area contributed by atoms with E-state index in [1.54, 1.807) is 18.9 Å². The molecule has 9 heteroatoms. The summed E-state index contributed by atoms with van der Waals surface area (Å²) in [7, 11) is 5.89. The highest BCUT2D eigenvalue weighted by molar-refractivity contribution is 5.94. The molecule has 0 aliphatic heterocycles. The summed E-state index contributed by atoms with van der Waals surface area (Å²) in [5, 5.41) is 11.0. The van der Waals surface area contributed by atoms with Gasteiger partial charge in [0.2, 0.25) is 5.95 Å². The molecule has 1 aromatic carbocycles. The Balaban J connectivity index is 1.71. The Morgan fingerprint density at radius 3 is 2.43 bits per heavy atom. The summed E-state index contributed by atoms with van der Waals surface area (Å²) in [6.07, 6.45) is 7.00. The molecule has 35 heavy (non-hydrogen) atoms. The summed E-state index contributed by atoms with van der Waals surface area (Å²) in [6, 6.07) is 8.46. The second-order valence-corrected chi connectivity index (χ2v) is 9.81. The number of hydrogen-bond donors (Lipinski definition) is 1. The number of nitrogens with zero attached hydrogens (tertiary/aromatic N) is 5. The van der Waals surface area contributed by atoms with Gasteiger partial charge in [-0.15, -0.1) is 0 Å². The van der Waals surface area contributed by atoms with Gasteiger partial charge in [0.25, 0.3) is 0 Å². The molecule has 1 aliphatic rings. The Labute approximate surface area is 205 Å². The third-order valence-corrected chi connectivity index (χ3v) is 6.82. The van der Waals surface area contributed by atoms with E-state index in [2.05, 4.69) is 63.7 Å². The van der Waals surface area contributed by atoms with Gasteiger partial charge in [0.15, 0.2) is 0 Å². The molecular formula is C26H35F2N5O2. The molecule has 0 amide bonds. The van der Waals surface area contributed by atoms with E-state index in [-0.39, 0.29) is 24.8 Å². The topological polar surface area (TPSA) is 66.7 Å². The first-order valence-corrected chi connectivity index (χ1v) is 12.1. The van der Waals surface area contributed by atoms with Crippen LogP contribution in [-0.4, -0.2) is 71.0 Å². The van der Waals surface area contributed by atoms with Crippen LogP contribution in [-0.2, 0) is 11.3 Å². The number of rotatable bonds is 9. The molecule has 0 spiro atoms. The summed E-state index contributed by atoms with van der Waals surface area (Å²) >= 11 is 0. The van der Waals surface area contributed by atoms with Crippen LogP contribution in [0.25, 0.3) is 22.2 Å². The number of anilines is 1. The Hall–Kier alpha value is -2.62. The highest BCUT2D eigenvalue weighted by Crippen LogP contribution is 2.37. The minimum Gasteiger partial charge on any atom is -0.393 e. The lowest BCUT2D eigenvalue weighted by molar-refractivity contribution is -0.131. The Kier molecular flexibility index (Phi) is 7.98. The average Bonchev–Trinajstić information content (AvgIpc) is 3.21. The van der Waals surface area contributed by atoms with E-state index in [1.165, 1.54) is 5.56 Å². The molecule has 1 aliphatic carbocycles. The van der Waals surface area contributed by atoms with Crippen LogP contribution in [0.15, 0.2) is 36.7 Å². The van der Waals surface area contributed by atoms with E-state index in [9.17, 15) is 13.9 Å². The SMILES string of the molecule is C[C@@H](COC(F)F)N(C)c1ncc2c(-c3ccc(CN(C)C)cc3)cn([C@H]3CC[C@H](O)CC3)c2n1. The second-order valence-electron chi connectivity index (χ2n) is 9.81. The third kappa shape index (κ3) is 5.97. The molecule has 0 bridgehead atoms. The molecule has 2 aromatic heterocycles. The van der Waals surface area contributed by atoms with Crippen LogP contribution in [0, 0.1) is 0 Å². The normalized spacial score (nSPS) is 19.6. The number of aliphatic hydroxyl groups is 1. The molecular weight excluding hydrogens is 452 g/mol. The quantitative estimate of drug-likeness (QED) is 0.472. The van der Waals surface area contributed by atoms with Crippen molar-refractivity contribution in [3.05, 3.63) is 42.2 Å². The van der Waals surface area contributed by atoms with Crippen LogP contribution in [0.5, 0.6) is 0 Å². The molecule has 0 saturated heterocycles. The lowest BCUT2D eigenvalue weighted by Crippen LogP contribution is -2.34. The summed E-state index contributed by atoms with van der Waals surface area (Å²) < 4.78 is 31.7. The summed E-state index contributed by atoms with van der Waals surface area (Å²) in [4.78, 5) is 13.4. The van der Waals surface area contributed by atoms with Gasteiger partial charge < -0.3 is 24.2 Å². The molecule has 0 unspecified atom stereocenters. The fraction of sp³-hybridized carbons (Fsp3) is 0.538. The molecule has 7 nitrogen and oxygen atoms in total. The maximum Gasteiger partial charge on any atom is 0.345 e. The van der Waals surface area contributed by atoms with Crippen molar-refractivity contribution >= 4 is 17.0 Å². The number of halogens is 2. The van der Waals surface area contributed by atoms with Gasteiger partial charge in [-0.25, -0.2) is 4.98 Å². The highest BCUT2D eigenvalue weighted by atomic mass is 19.3. The molecule has 0 radical (unpaired) electrons. The lowest BCUT2D eigenvalue weighted by Gasteiger charge is -2.27. The molecule has 2 heterocycles. The number of likely N-dealkylation sites (N-methyl/N-ethyl adjacent to an activating group) is 1. The van der Waals surface area contributed by atoms with Crippen LogP contribution in [0.3, 0.4) is 0 Å². The van der Waals surface area contributed by atoms with Crippen molar-refractivity contribution in [1.29, 1.82) is 0 Å². The second kappa shape index (κ2) is 11.0. The maximum absolute atomic E-state index is 12.5. The van der Waals surface area contributed by atoms with Crippen molar-refractivity contribution in [3.8, 4) is 11.1 Å². The van der Waals surface area contributed by atoms with E-state index in [0.29, 0.717) is 5.95 Å². The van der Waals surface area contributed by atoms with E-state index in [1.807, 2.05) is 6.20 Å². The molecule has 190 valence electrons. The maximum atomic E-state index is 12.5. The van der Waals surface area contributed by atoms with E-state index in [4.69, 9.17) is 4.98 Å². The lowest BCUT2D eigenvalue weighted by atomic mass is 9.93. The summed E-state index contributed by atoms with van der Waals surface area (Å²) in [5.74, 6) is 0.464. The van der Waals surface area contributed by atoms with Crippen LogP contribution < -0.4 is 4.90 Å². The van der Waals surface area contributed by atoms with Gasteiger partial charge in [-0.3, -0.25) is 0 Å². The number of ether oxygens (including phenoxy) is 1. The van der Waals surface area contributed by atoms with E-state index in [0.717, 1.165) is 54.4 Å². The van der Waals surface area contributed by atoms with Gasteiger partial charge in [0, 0.05) is 43.0 Å². The van der Waals surface area contributed by atoms with E-state index >= 15 is 0 Å². The van der Waals surface area contributed by atoms with Crippen molar-refractivity contribution in [2.75, 3.05) is 32.6 Å². The highest BCUT2D eigenvalue weighted by Gasteiger charge is 2.25. The molecule has 1 atom stereocenters. The van der Waals surface area contributed by atoms with Gasteiger partial charge in [0.05, 0.1) is 18.8 Å². The predicted molar refractivity (Wildman–Crippen MR) is 134 cm³/mol. The molecule has 3 aromatic rings. The van der Waals surface area contributed by atoms with Gasteiger partial charge >= 0.3 is 6.61 Å². The minimum absolute atomic E-state index is 0.123. The standard InChI is InChI=1S/C26H35F2N5O2/c1-17(16-35-25(27)28)32(4)26-29-13-22-23(19-7-5-18(6-8-19)14-31(2)3)15-33(24(22)30-26)20-9-11-21(34)12-10-20/h5-8,13,15,17,20-21,25,34H,9-12,14,16H2,1-4H3/t17-,20-,21-/m0/s1. The predicted octanol–water partition coefficient (Wildman–Crippen LogP) is 4.70. The Morgan fingerprint density at radius 1 is 1.11 bits per heavy atom. The minimum atomic E-state index is -2.81. The Bertz CT molecular complexity index is 1110. The smallest absolute Gasteiger partial charge is 0.345 e. The summed E-state index contributed by atoms with van der Waals surface area (Å²) in [5.41, 5.74) is 4.21. The van der Waals surface area contributed by atoms with Gasteiger partial charge in [0.1, 0.15) is 5.65 Å². The fourth-order valence-electron chi connectivity index (χ4n) is 4.71. The monoisotopic (exact) mass is 487 g/mol. The van der Waals surface area contributed by atoms with Crippen molar-refractivity contribution in [3.63, 3.8) is 0 Å². The zero-order valence-electron chi connectivity index (χ0n) is 20.9. The molecule has 1 N–H and O–H groups in total. The van der Waals surface area contributed by atoms with E-state index < -0.39 is 6.61 Å². The van der Waals surface area contributed by atoms with Gasteiger partial charge in [-0.1, -0.05) is 24.3 Å². The van der Waals surface area contributed by atoms with Crippen LogP contribution in [0.4, 0.5) is 14.7 Å². The molecule has 4 rings (SSSR count). The average molecular weight is 488 g/mol. The first kappa shape index (κ1) is 25.5. The number of fused-ring (bicyclic) bond motifs is 1. The largest absolute Gasteiger partial charge is 0.393 e. The van der Waals surface area contributed by atoms with Crippen molar-refractivity contribution in [2.24, 2.45) is 0 Å². The molecule has 1 fully saturated rings. The number of benzene rings is 1. The van der Waals surface area contributed by atoms with Crippen LogP contribution >= 0.6 is 0 Å². The van der Waals surface area contributed by atoms with Crippen molar-refractivity contribution < 1.29 is 18.6 Å².